The van der Waals surface area contributed by atoms with Crippen LogP contribution in [0, 0.1) is 0 Å². The Bertz CT molecular complexity index is 286. The molecule has 3 amide bonds. The molecule has 0 fully saturated rings. The zero-order valence-electron chi connectivity index (χ0n) is 7.93. The van der Waals surface area contributed by atoms with Crippen molar-refractivity contribution >= 4 is 30.1 Å². The first kappa shape index (κ1) is 13.6. The molecule has 0 saturated carbocycles. The summed E-state index contributed by atoms with van der Waals surface area (Å²) in [5.74, 6) is -1.31. The van der Waals surface area contributed by atoms with Gasteiger partial charge in [0, 0.05) is 25.2 Å². The van der Waals surface area contributed by atoms with Gasteiger partial charge in [0.25, 0.3) is 11.8 Å². The molecule has 15 heavy (non-hydrogen) atoms. The predicted octanol–water partition coefficient (Wildman–Crippen LogP) is -1.59. The van der Waals surface area contributed by atoms with Gasteiger partial charge in [0.05, 0.1) is 0 Å². The van der Waals surface area contributed by atoms with Gasteiger partial charge >= 0.3 is 0 Å². The van der Waals surface area contributed by atoms with E-state index in [-0.39, 0.29) is 24.9 Å². The highest BCUT2D eigenvalue weighted by Crippen LogP contribution is 2.01. The Kier molecular flexibility index (Phi) is 5.58. The van der Waals surface area contributed by atoms with E-state index in [1.54, 1.807) is 0 Å². The molecular weight excluding hydrogens is 222 g/mol. The molecule has 0 radical (unpaired) electrons. The average molecular weight is 234 g/mol. The fourth-order valence-electron chi connectivity index (χ4n) is 0.998. The van der Waals surface area contributed by atoms with Crippen LogP contribution in [0.1, 0.15) is 0 Å². The molecule has 0 saturated heterocycles. The van der Waals surface area contributed by atoms with E-state index in [4.69, 9.17) is 5.73 Å². The maximum Gasteiger partial charge on any atom is 0.254 e. The third kappa shape index (κ3) is 3.69. The van der Waals surface area contributed by atoms with Crippen molar-refractivity contribution in [2.24, 2.45) is 5.73 Å². The van der Waals surface area contributed by atoms with E-state index in [1.165, 1.54) is 0 Å². The van der Waals surface area contributed by atoms with Gasteiger partial charge in [-0.2, -0.15) is 0 Å². The first-order valence-electron chi connectivity index (χ1n) is 4.15. The van der Waals surface area contributed by atoms with E-state index >= 15 is 0 Å². The van der Waals surface area contributed by atoms with Crippen molar-refractivity contribution in [1.82, 2.24) is 10.2 Å². The molecule has 1 aliphatic rings. The Morgan fingerprint density at radius 3 is 2.33 bits per heavy atom. The molecule has 0 unspecified atom stereocenters. The molecule has 3 N–H and O–H groups in total. The van der Waals surface area contributed by atoms with Crippen LogP contribution >= 0.6 is 12.4 Å². The third-order valence-corrected chi connectivity index (χ3v) is 1.67. The van der Waals surface area contributed by atoms with Crippen LogP contribution in [-0.4, -0.2) is 42.3 Å². The molecule has 1 heterocycles. The molecule has 0 aromatic carbocycles. The maximum atomic E-state index is 11.1. The number of imide groups is 1. The zero-order chi connectivity index (χ0) is 10.6. The number of hydrogen-bond acceptors (Lipinski definition) is 4. The fraction of sp³-hybridized carbons (Fsp3) is 0.375. The van der Waals surface area contributed by atoms with Gasteiger partial charge in [-0.1, -0.05) is 0 Å². The average Bonchev–Trinajstić information content (AvgIpc) is 2.46. The van der Waals surface area contributed by atoms with Crippen LogP contribution in [0.3, 0.4) is 0 Å². The summed E-state index contributed by atoms with van der Waals surface area (Å²) >= 11 is 0. The van der Waals surface area contributed by atoms with Gasteiger partial charge in [-0.3, -0.25) is 19.3 Å². The molecule has 1 aliphatic heterocycles. The summed E-state index contributed by atoms with van der Waals surface area (Å²) in [6, 6.07) is 0. The lowest BCUT2D eigenvalue weighted by atomic mass is 10.4. The summed E-state index contributed by atoms with van der Waals surface area (Å²) in [5, 5.41) is 2.46. The number of amides is 3. The molecule has 0 aliphatic carbocycles. The minimum atomic E-state index is -0.460. The second-order valence-corrected chi connectivity index (χ2v) is 2.73. The van der Waals surface area contributed by atoms with Gasteiger partial charge in [0.1, 0.15) is 6.54 Å². The molecule has 84 valence electrons. The van der Waals surface area contributed by atoms with Gasteiger partial charge in [-0.05, 0) is 0 Å². The molecule has 0 bridgehead atoms. The van der Waals surface area contributed by atoms with E-state index in [0.29, 0.717) is 13.1 Å². The normalized spacial score (nSPS) is 14.1. The molecule has 0 atom stereocenters. The summed E-state index contributed by atoms with van der Waals surface area (Å²) in [7, 11) is 0. The van der Waals surface area contributed by atoms with Crippen molar-refractivity contribution in [2.45, 2.75) is 0 Å². The molecule has 6 nitrogen and oxygen atoms in total. The standard InChI is InChI=1S/C8H11N3O3.ClH/c9-3-4-10-6(12)5-11-7(13)1-2-8(11)14;/h1-2H,3-5,9H2,(H,10,12);1H. The number of nitrogens with two attached hydrogens (primary N) is 1. The Hall–Kier alpha value is -1.40. The number of hydrogen-bond donors (Lipinski definition) is 2. The summed E-state index contributed by atoms with van der Waals surface area (Å²) in [6.07, 6.45) is 2.27. The van der Waals surface area contributed by atoms with E-state index in [0.717, 1.165) is 17.1 Å². The summed E-state index contributed by atoms with van der Waals surface area (Å²) < 4.78 is 0. The molecule has 7 heteroatoms. The summed E-state index contributed by atoms with van der Waals surface area (Å²) in [6.45, 7) is 0.416. The summed E-state index contributed by atoms with van der Waals surface area (Å²) in [5.41, 5.74) is 5.17. The quantitative estimate of drug-likeness (QED) is 0.573. The smallest absolute Gasteiger partial charge is 0.254 e. The highest BCUT2D eigenvalue weighted by molar-refractivity contribution is 6.14. The van der Waals surface area contributed by atoms with Gasteiger partial charge in [-0.25, -0.2) is 0 Å². The van der Waals surface area contributed by atoms with Gasteiger partial charge < -0.3 is 11.1 Å². The van der Waals surface area contributed by atoms with Crippen LogP contribution in [0.15, 0.2) is 12.2 Å². The van der Waals surface area contributed by atoms with Crippen LogP contribution in [0.5, 0.6) is 0 Å². The topological polar surface area (TPSA) is 92.5 Å². The van der Waals surface area contributed by atoms with E-state index < -0.39 is 11.8 Å². The lowest BCUT2D eigenvalue weighted by molar-refractivity contribution is -0.141. The van der Waals surface area contributed by atoms with Crippen LogP contribution in [0.4, 0.5) is 0 Å². The molecular formula is C8H12ClN3O3. The molecule has 0 aromatic heterocycles. The fourth-order valence-corrected chi connectivity index (χ4v) is 0.998. The molecule has 0 spiro atoms. The third-order valence-electron chi connectivity index (χ3n) is 1.67. The van der Waals surface area contributed by atoms with Crippen LogP contribution in [0.25, 0.3) is 0 Å². The first-order valence-corrected chi connectivity index (χ1v) is 4.15. The molecule has 0 aromatic rings. The largest absolute Gasteiger partial charge is 0.353 e. The lowest BCUT2D eigenvalue weighted by Gasteiger charge is -2.12. The van der Waals surface area contributed by atoms with Crippen LogP contribution in [0.2, 0.25) is 0 Å². The van der Waals surface area contributed by atoms with Crippen molar-refractivity contribution in [3.05, 3.63) is 12.2 Å². The van der Waals surface area contributed by atoms with E-state index in [2.05, 4.69) is 5.32 Å². The number of nitrogens with one attached hydrogen (secondary N) is 1. The highest BCUT2D eigenvalue weighted by Gasteiger charge is 2.25. The number of rotatable bonds is 4. The minimum Gasteiger partial charge on any atom is -0.353 e. The van der Waals surface area contributed by atoms with E-state index in [1.807, 2.05) is 0 Å². The van der Waals surface area contributed by atoms with Crippen molar-refractivity contribution in [1.29, 1.82) is 0 Å². The Balaban J connectivity index is 0.00000196. The number of carbonyl (C=O) groups is 3. The number of halogens is 1. The van der Waals surface area contributed by atoms with Crippen molar-refractivity contribution in [3.63, 3.8) is 0 Å². The van der Waals surface area contributed by atoms with Crippen molar-refractivity contribution < 1.29 is 14.4 Å². The monoisotopic (exact) mass is 233 g/mol. The Morgan fingerprint density at radius 1 is 1.33 bits per heavy atom. The first-order chi connectivity index (χ1) is 6.65. The Morgan fingerprint density at radius 2 is 1.87 bits per heavy atom. The molecule has 1 rings (SSSR count). The van der Waals surface area contributed by atoms with Gasteiger partial charge in [-0.15, -0.1) is 12.4 Å². The van der Waals surface area contributed by atoms with Gasteiger partial charge in [0.15, 0.2) is 0 Å². The van der Waals surface area contributed by atoms with E-state index in [9.17, 15) is 14.4 Å². The second-order valence-electron chi connectivity index (χ2n) is 2.73. The SMILES string of the molecule is Cl.NCCNC(=O)CN1C(=O)C=CC1=O. The minimum absolute atomic E-state index is 0. The van der Waals surface area contributed by atoms with Crippen molar-refractivity contribution in [3.8, 4) is 0 Å². The van der Waals surface area contributed by atoms with Gasteiger partial charge in [0.2, 0.25) is 5.91 Å². The number of nitrogens with zero attached hydrogens (tertiary/aromatic N) is 1. The maximum absolute atomic E-state index is 11.1. The number of carbonyl (C=O) groups excluding carboxylic acids is 3. The lowest BCUT2D eigenvalue weighted by Crippen LogP contribution is -2.41. The highest BCUT2D eigenvalue weighted by atomic mass is 35.5. The van der Waals surface area contributed by atoms with Crippen LogP contribution in [-0.2, 0) is 14.4 Å². The zero-order valence-corrected chi connectivity index (χ0v) is 8.75. The summed E-state index contributed by atoms with van der Waals surface area (Å²) in [4.78, 5) is 34.0. The van der Waals surface area contributed by atoms with Crippen molar-refractivity contribution in [2.75, 3.05) is 19.6 Å². The Labute approximate surface area is 92.9 Å². The van der Waals surface area contributed by atoms with Crippen LogP contribution < -0.4 is 11.1 Å². The predicted molar refractivity (Wildman–Crippen MR) is 55.2 cm³/mol. The second kappa shape index (κ2) is 6.15.